The molecule has 0 aliphatic carbocycles. The van der Waals surface area contributed by atoms with Crippen LogP contribution in [0.4, 0.5) is 13.2 Å². The maximum atomic E-state index is 12.9. The highest BCUT2D eigenvalue weighted by atomic mass is 19.4. The number of alkyl halides is 3. The lowest BCUT2D eigenvalue weighted by Gasteiger charge is -2.19. The van der Waals surface area contributed by atoms with Gasteiger partial charge in [0.05, 0.1) is 31.5 Å². The Balaban J connectivity index is 1.91. The zero-order chi connectivity index (χ0) is 25.8. The molecule has 0 bridgehead atoms. The molecule has 1 fully saturated rings. The molecule has 6 nitrogen and oxygen atoms in total. The predicted octanol–water partition coefficient (Wildman–Crippen LogP) is 4.79. The van der Waals surface area contributed by atoms with Crippen LogP contribution in [0, 0.1) is 5.92 Å². The van der Waals surface area contributed by atoms with E-state index in [1.165, 1.54) is 20.1 Å². The van der Waals surface area contributed by atoms with Crippen molar-refractivity contribution in [2.24, 2.45) is 5.92 Å². The number of aliphatic hydroxyl groups excluding tert-OH is 1. The largest absolute Gasteiger partial charge is 0.469 e. The number of unbranched alkanes of at least 4 members (excludes halogenated alkanes) is 1. The van der Waals surface area contributed by atoms with Crippen LogP contribution in [0.15, 0.2) is 48.6 Å². The van der Waals surface area contributed by atoms with Crippen LogP contribution < -0.4 is 0 Å². The van der Waals surface area contributed by atoms with E-state index in [0.29, 0.717) is 31.2 Å². The number of halogens is 3. The van der Waals surface area contributed by atoms with Gasteiger partial charge in [0.2, 0.25) is 0 Å². The van der Waals surface area contributed by atoms with E-state index in [-0.39, 0.29) is 37.4 Å². The summed E-state index contributed by atoms with van der Waals surface area (Å²) in [5.74, 6) is -0.812. The minimum Gasteiger partial charge on any atom is -0.469 e. The van der Waals surface area contributed by atoms with Crippen molar-refractivity contribution < 1.29 is 42.1 Å². The highest BCUT2D eigenvalue weighted by molar-refractivity contribution is 5.69. The van der Waals surface area contributed by atoms with Crippen molar-refractivity contribution in [1.82, 2.24) is 0 Å². The van der Waals surface area contributed by atoms with Crippen LogP contribution in [0.3, 0.4) is 0 Å². The molecular formula is C26H33F3O6. The van der Waals surface area contributed by atoms with Gasteiger partial charge < -0.3 is 19.3 Å². The Morgan fingerprint density at radius 1 is 1.29 bits per heavy atom. The standard InChI is InChI=1S/C26H33F3O6/c1-18(30)35-24-17-34-23(22(24)10-5-3-4-6-11-25(32)33-2)15-14-21(31)13-12-19-8-7-9-20(16-19)26(27,28)29/h3,5,7-9,14-16,21-24,31H,4,6,10-13,17H2,1-2H3/t21-,22-,23-,24+/m1/s1. The van der Waals surface area contributed by atoms with Crippen molar-refractivity contribution in [1.29, 1.82) is 0 Å². The summed E-state index contributed by atoms with van der Waals surface area (Å²) in [6.07, 6.45) is 3.94. The normalized spacial score (nSPS) is 21.5. The molecule has 0 aromatic heterocycles. The zero-order valence-electron chi connectivity index (χ0n) is 20.0. The second kappa shape index (κ2) is 14.0. The van der Waals surface area contributed by atoms with E-state index in [2.05, 4.69) is 4.74 Å². The molecule has 0 amide bonds. The Hall–Kier alpha value is -2.65. The molecule has 2 rings (SSSR count). The van der Waals surface area contributed by atoms with Gasteiger partial charge in [0.25, 0.3) is 0 Å². The van der Waals surface area contributed by atoms with Crippen LogP contribution in [0.2, 0.25) is 0 Å². The third kappa shape index (κ3) is 10.2. The fourth-order valence-corrected chi connectivity index (χ4v) is 3.87. The summed E-state index contributed by atoms with van der Waals surface area (Å²) in [7, 11) is 1.35. The van der Waals surface area contributed by atoms with Gasteiger partial charge in [-0.25, -0.2) is 0 Å². The van der Waals surface area contributed by atoms with Crippen LogP contribution in [0.25, 0.3) is 0 Å². The average molecular weight is 499 g/mol. The van der Waals surface area contributed by atoms with Crippen molar-refractivity contribution in [3.8, 4) is 0 Å². The van der Waals surface area contributed by atoms with E-state index in [1.54, 1.807) is 18.2 Å². The van der Waals surface area contributed by atoms with Gasteiger partial charge >= 0.3 is 18.1 Å². The highest BCUT2D eigenvalue weighted by Crippen LogP contribution is 2.30. The molecule has 35 heavy (non-hydrogen) atoms. The molecule has 1 aliphatic heterocycles. The summed E-state index contributed by atoms with van der Waals surface area (Å²) in [4.78, 5) is 22.6. The highest BCUT2D eigenvalue weighted by Gasteiger charge is 2.37. The van der Waals surface area contributed by atoms with Crippen LogP contribution in [0.5, 0.6) is 0 Å². The smallest absolute Gasteiger partial charge is 0.416 e. The number of esters is 2. The van der Waals surface area contributed by atoms with Crippen LogP contribution in [-0.4, -0.2) is 49.1 Å². The number of hydrogen-bond donors (Lipinski definition) is 1. The van der Waals surface area contributed by atoms with Crippen LogP contribution in [0.1, 0.15) is 50.2 Å². The number of allylic oxidation sites excluding steroid dienone is 2. The zero-order valence-corrected chi connectivity index (χ0v) is 20.0. The number of ether oxygens (including phenoxy) is 3. The maximum absolute atomic E-state index is 12.9. The quantitative estimate of drug-likeness (QED) is 0.254. The molecular weight excluding hydrogens is 465 g/mol. The number of aliphatic hydroxyl groups is 1. The van der Waals surface area contributed by atoms with E-state index in [1.807, 2.05) is 12.2 Å². The number of carbonyl (C=O) groups is 2. The molecule has 9 heteroatoms. The predicted molar refractivity (Wildman–Crippen MR) is 123 cm³/mol. The number of rotatable bonds is 12. The summed E-state index contributed by atoms with van der Waals surface area (Å²) >= 11 is 0. The average Bonchev–Trinajstić information content (AvgIpc) is 3.18. The van der Waals surface area contributed by atoms with Gasteiger partial charge in [-0.15, -0.1) is 0 Å². The fraction of sp³-hybridized carbons (Fsp3) is 0.538. The van der Waals surface area contributed by atoms with Crippen molar-refractivity contribution in [2.45, 2.75) is 69.9 Å². The molecule has 1 N–H and O–H groups in total. The van der Waals surface area contributed by atoms with E-state index >= 15 is 0 Å². The molecule has 0 spiro atoms. The van der Waals surface area contributed by atoms with Crippen molar-refractivity contribution in [3.05, 3.63) is 59.7 Å². The van der Waals surface area contributed by atoms with E-state index in [4.69, 9.17) is 9.47 Å². The van der Waals surface area contributed by atoms with Gasteiger partial charge in [0, 0.05) is 19.3 Å². The second-order valence-corrected chi connectivity index (χ2v) is 8.47. The summed E-state index contributed by atoms with van der Waals surface area (Å²) in [6.45, 7) is 1.57. The first kappa shape index (κ1) is 28.6. The molecule has 1 saturated heterocycles. The first-order valence-corrected chi connectivity index (χ1v) is 11.6. The van der Waals surface area contributed by atoms with Gasteiger partial charge in [-0.3, -0.25) is 9.59 Å². The molecule has 0 unspecified atom stereocenters. The Kier molecular flexibility index (Phi) is 11.5. The van der Waals surface area contributed by atoms with Gasteiger partial charge in [-0.2, -0.15) is 13.2 Å². The number of carbonyl (C=O) groups excluding carboxylic acids is 2. The second-order valence-electron chi connectivity index (χ2n) is 8.47. The van der Waals surface area contributed by atoms with E-state index in [0.717, 1.165) is 12.1 Å². The summed E-state index contributed by atoms with van der Waals surface area (Å²) in [5, 5.41) is 10.3. The van der Waals surface area contributed by atoms with Crippen LogP contribution in [-0.2, 0) is 36.4 Å². The Labute approximate surface area is 203 Å². The summed E-state index contributed by atoms with van der Waals surface area (Å²) in [6, 6.07) is 5.07. The van der Waals surface area contributed by atoms with Gasteiger partial charge in [-0.1, -0.05) is 42.5 Å². The van der Waals surface area contributed by atoms with Gasteiger partial charge in [0.15, 0.2) is 0 Å². The third-order valence-electron chi connectivity index (χ3n) is 5.73. The van der Waals surface area contributed by atoms with Gasteiger partial charge in [-0.05, 0) is 43.7 Å². The van der Waals surface area contributed by atoms with E-state index < -0.39 is 29.9 Å². The Morgan fingerprint density at radius 2 is 2.06 bits per heavy atom. The minimum atomic E-state index is -4.41. The number of hydrogen-bond acceptors (Lipinski definition) is 6. The SMILES string of the molecule is COC(=O)CCCC=CC[C@H]1[C@@H](OC(C)=O)CO[C@@H]1C=C[C@H](O)CCc1cccc(C(F)(F)F)c1. The Bertz CT molecular complexity index is 880. The molecule has 0 radical (unpaired) electrons. The van der Waals surface area contributed by atoms with E-state index in [9.17, 15) is 27.9 Å². The first-order chi connectivity index (χ1) is 16.6. The molecule has 0 saturated carbocycles. The lowest BCUT2D eigenvalue weighted by atomic mass is 9.93. The first-order valence-electron chi connectivity index (χ1n) is 11.6. The molecule has 4 atom stereocenters. The summed E-state index contributed by atoms with van der Waals surface area (Å²) < 4.78 is 54.4. The van der Waals surface area contributed by atoms with Crippen LogP contribution >= 0.6 is 0 Å². The third-order valence-corrected chi connectivity index (χ3v) is 5.73. The number of aryl methyl sites for hydroxylation is 1. The monoisotopic (exact) mass is 498 g/mol. The number of benzene rings is 1. The lowest BCUT2D eigenvalue weighted by molar-refractivity contribution is -0.148. The van der Waals surface area contributed by atoms with Gasteiger partial charge in [0.1, 0.15) is 6.10 Å². The molecule has 1 aliphatic rings. The Morgan fingerprint density at radius 3 is 2.74 bits per heavy atom. The lowest BCUT2D eigenvalue weighted by Crippen LogP contribution is -2.27. The molecule has 1 aromatic carbocycles. The molecule has 194 valence electrons. The molecule has 1 aromatic rings. The summed E-state index contributed by atoms with van der Waals surface area (Å²) in [5.41, 5.74) is -0.216. The van der Waals surface area contributed by atoms with Crippen molar-refractivity contribution >= 4 is 11.9 Å². The number of methoxy groups -OCH3 is 1. The topological polar surface area (TPSA) is 82.1 Å². The fourth-order valence-electron chi connectivity index (χ4n) is 3.87. The molecule has 1 heterocycles. The minimum absolute atomic E-state index is 0.150. The van der Waals surface area contributed by atoms with Crippen molar-refractivity contribution in [3.63, 3.8) is 0 Å². The maximum Gasteiger partial charge on any atom is 0.416 e. The van der Waals surface area contributed by atoms with Crippen molar-refractivity contribution in [2.75, 3.05) is 13.7 Å².